The molecule has 0 spiro atoms. The van der Waals surface area contributed by atoms with Gasteiger partial charge in [0.05, 0.1) is 6.20 Å². The zero-order valence-electron chi connectivity index (χ0n) is 9.97. The Morgan fingerprint density at radius 3 is 2.53 bits per heavy atom. The minimum atomic E-state index is -0.446. The highest BCUT2D eigenvalue weighted by Gasteiger charge is 2.11. The van der Waals surface area contributed by atoms with Crippen LogP contribution in [-0.4, -0.2) is 17.9 Å². The fraction of sp³-hybridized carbons (Fsp3) is 0.273. The van der Waals surface area contributed by atoms with Crippen molar-refractivity contribution in [3.05, 3.63) is 35.4 Å². The first-order valence-electron chi connectivity index (χ1n) is 5.07. The van der Waals surface area contributed by atoms with Crippen molar-refractivity contribution >= 4 is 11.7 Å². The third-order valence-corrected chi connectivity index (χ3v) is 1.95. The van der Waals surface area contributed by atoms with Gasteiger partial charge in [-0.05, 0) is 31.6 Å². The van der Waals surface area contributed by atoms with Crippen molar-refractivity contribution in [2.24, 2.45) is 0 Å². The maximum absolute atomic E-state index is 12.6. The molecule has 0 fully saturated rings. The third-order valence-electron chi connectivity index (χ3n) is 1.95. The highest BCUT2D eigenvalue weighted by Crippen LogP contribution is 2.06. The Bertz CT molecular complexity index is 424. The predicted octanol–water partition coefficient (Wildman–Crippen LogP) is 1.18. The lowest BCUT2D eigenvalue weighted by Gasteiger charge is -2.11. The Labute approximate surface area is 99.1 Å². The van der Waals surface area contributed by atoms with Crippen molar-refractivity contribution in [1.82, 2.24) is 15.8 Å². The molecule has 0 radical (unpaired) electrons. The van der Waals surface area contributed by atoms with E-state index in [1.807, 2.05) is 0 Å². The first-order valence-corrected chi connectivity index (χ1v) is 5.07. The fourth-order valence-corrected chi connectivity index (χ4v) is 1.16. The summed E-state index contributed by atoms with van der Waals surface area (Å²) in [7, 11) is 1.66. The standard InChI is InChI=1S/C11H15FN4O/c1-7(2)10(16-13-3)11(17)15-9-5-4-8(12)6-14-9/h4-6,13,16H,1-3H3,(H,14,15,17). The summed E-state index contributed by atoms with van der Waals surface area (Å²) in [6.45, 7) is 3.61. The van der Waals surface area contributed by atoms with Gasteiger partial charge in [-0.3, -0.25) is 4.79 Å². The van der Waals surface area contributed by atoms with Crippen molar-refractivity contribution in [2.45, 2.75) is 13.8 Å². The molecule has 0 saturated heterocycles. The summed E-state index contributed by atoms with van der Waals surface area (Å²) in [4.78, 5) is 15.6. The van der Waals surface area contributed by atoms with E-state index >= 15 is 0 Å². The van der Waals surface area contributed by atoms with Crippen LogP contribution in [0.3, 0.4) is 0 Å². The van der Waals surface area contributed by atoms with E-state index in [1.54, 1.807) is 20.9 Å². The van der Waals surface area contributed by atoms with Gasteiger partial charge in [-0.25, -0.2) is 14.8 Å². The number of amides is 1. The zero-order chi connectivity index (χ0) is 12.8. The van der Waals surface area contributed by atoms with Crippen LogP contribution < -0.4 is 16.2 Å². The second-order valence-corrected chi connectivity index (χ2v) is 3.57. The number of carbonyl (C=O) groups excluding carboxylic acids is 1. The van der Waals surface area contributed by atoms with Crippen LogP contribution >= 0.6 is 0 Å². The van der Waals surface area contributed by atoms with Gasteiger partial charge in [0.2, 0.25) is 0 Å². The summed E-state index contributed by atoms with van der Waals surface area (Å²) in [5.41, 5.74) is 6.62. The van der Waals surface area contributed by atoms with E-state index in [2.05, 4.69) is 21.2 Å². The Balaban J connectivity index is 2.77. The highest BCUT2D eigenvalue weighted by molar-refractivity contribution is 6.03. The molecule has 1 aromatic rings. The molecule has 1 aromatic heterocycles. The van der Waals surface area contributed by atoms with Gasteiger partial charge in [0.15, 0.2) is 0 Å². The van der Waals surface area contributed by atoms with Crippen molar-refractivity contribution in [3.63, 3.8) is 0 Å². The van der Waals surface area contributed by atoms with Gasteiger partial charge in [-0.15, -0.1) is 0 Å². The number of aromatic nitrogens is 1. The lowest BCUT2D eigenvalue weighted by atomic mass is 10.2. The van der Waals surface area contributed by atoms with Crippen LogP contribution in [0.1, 0.15) is 13.8 Å². The fourth-order valence-electron chi connectivity index (χ4n) is 1.16. The smallest absolute Gasteiger partial charge is 0.274 e. The highest BCUT2D eigenvalue weighted by atomic mass is 19.1. The quantitative estimate of drug-likeness (QED) is 0.544. The minimum Gasteiger partial charge on any atom is -0.317 e. The van der Waals surface area contributed by atoms with Gasteiger partial charge >= 0.3 is 0 Å². The van der Waals surface area contributed by atoms with Crippen LogP contribution in [0.4, 0.5) is 10.2 Å². The van der Waals surface area contributed by atoms with Crippen LogP contribution in [-0.2, 0) is 4.79 Å². The van der Waals surface area contributed by atoms with E-state index < -0.39 is 5.82 Å². The zero-order valence-corrected chi connectivity index (χ0v) is 9.97. The van der Waals surface area contributed by atoms with Crippen LogP contribution in [0.25, 0.3) is 0 Å². The second kappa shape index (κ2) is 5.95. The maximum Gasteiger partial charge on any atom is 0.274 e. The SMILES string of the molecule is CNNC(C(=O)Nc1ccc(F)cn1)=C(C)C. The molecule has 1 amide bonds. The van der Waals surface area contributed by atoms with Crippen LogP contribution in [0.2, 0.25) is 0 Å². The number of hydrazine groups is 1. The number of nitrogens with zero attached hydrogens (tertiary/aromatic N) is 1. The average Bonchev–Trinajstić information content (AvgIpc) is 2.28. The summed E-state index contributed by atoms with van der Waals surface area (Å²) in [5.74, 6) is -0.481. The number of anilines is 1. The second-order valence-electron chi connectivity index (χ2n) is 3.57. The number of hydrogen-bond acceptors (Lipinski definition) is 4. The van der Waals surface area contributed by atoms with Gasteiger partial charge < -0.3 is 10.7 Å². The first-order chi connectivity index (χ1) is 8.04. The Hall–Kier alpha value is -1.95. The molecule has 5 nitrogen and oxygen atoms in total. The molecule has 0 saturated carbocycles. The van der Waals surface area contributed by atoms with E-state index in [4.69, 9.17) is 0 Å². The number of hydrogen-bond donors (Lipinski definition) is 3. The lowest BCUT2D eigenvalue weighted by Crippen LogP contribution is -2.34. The molecule has 1 rings (SSSR count). The van der Waals surface area contributed by atoms with Crippen LogP contribution in [0.5, 0.6) is 0 Å². The van der Waals surface area contributed by atoms with Gasteiger partial charge in [-0.2, -0.15) is 0 Å². The molecule has 17 heavy (non-hydrogen) atoms. The number of nitrogens with one attached hydrogen (secondary N) is 3. The summed E-state index contributed by atoms with van der Waals surface area (Å²) in [6.07, 6.45) is 1.04. The molecule has 0 atom stereocenters. The largest absolute Gasteiger partial charge is 0.317 e. The number of pyridine rings is 1. The molecule has 3 N–H and O–H groups in total. The van der Waals surface area contributed by atoms with E-state index in [0.29, 0.717) is 11.5 Å². The van der Waals surface area contributed by atoms with Crippen LogP contribution in [0, 0.1) is 5.82 Å². The third kappa shape index (κ3) is 3.84. The van der Waals surface area contributed by atoms with Gasteiger partial charge in [-0.1, -0.05) is 0 Å². The van der Waals surface area contributed by atoms with E-state index in [-0.39, 0.29) is 5.91 Å². The number of carbonyl (C=O) groups is 1. The lowest BCUT2D eigenvalue weighted by molar-refractivity contribution is -0.113. The molecular formula is C11H15FN4O. The van der Waals surface area contributed by atoms with Crippen molar-refractivity contribution in [1.29, 1.82) is 0 Å². The number of allylic oxidation sites excluding steroid dienone is 1. The minimum absolute atomic E-state index is 0.299. The molecule has 0 unspecified atom stereocenters. The molecule has 92 valence electrons. The van der Waals surface area contributed by atoms with E-state index in [9.17, 15) is 9.18 Å². The van der Waals surface area contributed by atoms with Gasteiger partial charge in [0.1, 0.15) is 17.3 Å². The Kier molecular flexibility index (Phi) is 4.59. The molecule has 0 aliphatic heterocycles. The van der Waals surface area contributed by atoms with E-state index in [0.717, 1.165) is 11.8 Å². The average molecular weight is 238 g/mol. The Morgan fingerprint density at radius 2 is 2.06 bits per heavy atom. The summed E-state index contributed by atoms with van der Waals surface area (Å²) in [6, 6.07) is 2.63. The normalized spacial score (nSPS) is 9.65. The summed E-state index contributed by atoms with van der Waals surface area (Å²) < 4.78 is 12.6. The van der Waals surface area contributed by atoms with Crippen molar-refractivity contribution in [2.75, 3.05) is 12.4 Å². The summed E-state index contributed by atoms with van der Waals surface area (Å²) >= 11 is 0. The maximum atomic E-state index is 12.6. The molecule has 1 heterocycles. The molecule has 6 heteroatoms. The molecular weight excluding hydrogens is 223 g/mol. The number of halogens is 1. The molecule has 0 bridgehead atoms. The van der Waals surface area contributed by atoms with Crippen molar-refractivity contribution < 1.29 is 9.18 Å². The number of rotatable bonds is 4. The summed E-state index contributed by atoms with van der Waals surface area (Å²) in [5, 5.41) is 2.56. The van der Waals surface area contributed by atoms with Gasteiger partial charge in [0.25, 0.3) is 5.91 Å². The Morgan fingerprint density at radius 1 is 1.35 bits per heavy atom. The van der Waals surface area contributed by atoms with Crippen molar-refractivity contribution in [3.8, 4) is 0 Å². The first kappa shape index (κ1) is 13.1. The predicted molar refractivity (Wildman–Crippen MR) is 63.4 cm³/mol. The molecule has 0 aliphatic carbocycles. The van der Waals surface area contributed by atoms with E-state index in [1.165, 1.54) is 12.1 Å². The van der Waals surface area contributed by atoms with Gasteiger partial charge in [0, 0.05) is 7.05 Å². The molecule has 0 aliphatic rings. The topological polar surface area (TPSA) is 66.0 Å². The molecule has 0 aromatic carbocycles. The van der Waals surface area contributed by atoms with Crippen LogP contribution in [0.15, 0.2) is 29.6 Å². The monoisotopic (exact) mass is 238 g/mol.